The molecule has 1 aliphatic heterocycles. The first-order chi connectivity index (χ1) is 15.0. The van der Waals surface area contributed by atoms with Gasteiger partial charge >= 0.3 is 0 Å². The molecule has 10 nitrogen and oxygen atoms in total. The monoisotopic (exact) mass is 431 g/mol. The van der Waals surface area contributed by atoms with Crippen LogP contribution in [0, 0.1) is 6.92 Å². The standard InChI is InChI=1S/C21H33N7O3/c1-4-26(5-2)8-9-28-15-17(14-22-28)24-19(29)7-6-18-16(3)23-21(25-20(18)30)27-10-12-31-13-11-27/h14-15H,4-13H2,1-3H3,(H,24,29)(H,23,25,30). The molecule has 0 saturated carbocycles. The Morgan fingerprint density at radius 2 is 2.03 bits per heavy atom. The molecule has 170 valence electrons. The highest BCUT2D eigenvalue weighted by Gasteiger charge is 2.17. The predicted octanol–water partition coefficient (Wildman–Crippen LogP) is 1.02. The Balaban J connectivity index is 1.52. The van der Waals surface area contributed by atoms with Crippen LogP contribution in [-0.2, 0) is 22.5 Å². The van der Waals surface area contributed by atoms with Gasteiger partial charge in [0.05, 0.1) is 31.6 Å². The molecule has 0 radical (unpaired) electrons. The van der Waals surface area contributed by atoms with E-state index >= 15 is 0 Å². The summed E-state index contributed by atoms with van der Waals surface area (Å²) >= 11 is 0. The number of nitrogens with one attached hydrogen (secondary N) is 2. The molecule has 1 fully saturated rings. The van der Waals surface area contributed by atoms with Crippen molar-refractivity contribution in [2.75, 3.05) is 56.2 Å². The van der Waals surface area contributed by atoms with Crippen LogP contribution in [0.25, 0.3) is 0 Å². The van der Waals surface area contributed by atoms with Crippen LogP contribution in [0.1, 0.15) is 31.5 Å². The highest BCUT2D eigenvalue weighted by Crippen LogP contribution is 2.12. The van der Waals surface area contributed by atoms with Crippen molar-refractivity contribution in [1.29, 1.82) is 0 Å². The molecule has 3 rings (SSSR count). The van der Waals surface area contributed by atoms with Gasteiger partial charge in [0.2, 0.25) is 11.9 Å². The van der Waals surface area contributed by atoms with Gasteiger partial charge in [0, 0.05) is 43.5 Å². The van der Waals surface area contributed by atoms with Crippen LogP contribution >= 0.6 is 0 Å². The minimum Gasteiger partial charge on any atom is -0.378 e. The van der Waals surface area contributed by atoms with Crippen LogP contribution < -0.4 is 15.8 Å². The van der Waals surface area contributed by atoms with Gasteiger partial charge in [0.1, 0.15) is 0 Å². The third-order valence-corrected chi connectivity index (χ3v) is 5.58. The first-order valence-electron chi connectivity index (χ1n) is 11.0. The summed E-state index contributed by atoms with van der Waals surface area (Å²) in [5.41, 5.74) is 1.67. The van der Waals surface area contributed by atoms with Crippen LogP contribution in [0.2, 0.25) is 0 Å². The van der Waals surface area contributed by atoms with Crippen molar-refractivity contribution >= 4 is 17.5 Å². The van der Waals surface area contributed by atoms with Crippen molar-refractivity contribution in [2.24, 2.45) is 0 Å². The molecule has 0 bridgehead atoms. The van der Waals surface area contributed by atoms with Gasteiger partial charge in [-0.15, -0.1) is 0 Å². The number of aryl methyl sites for hydroxylation is 1. The minimum atomic E-state index is -0.189. The topological polar surface area (TPSA) is 108 Å². The molecule has 0 aliphatic carbocycles. The summed E-state index contributed by atoms with van der Waals surface area (Å²) in [4.78, 5) is 36.6. The molecular formula is C21H33N7O3. The Bertz CT molecular complexity index is 914. The van der Waals surface area contributed by atoms with Gasteiger partial charge in [0.25, 0.3) is 5.56 Å². The number of morpholine rings is 1. The van der Waals surface area contributed by atoms with Crippen LogP contribution in [0.3, 0.4) is 0 Å². The summed E-state index contributed by atoms with van der Waals surface area (Å²) in [5, 5.41) is 7.17. The largest absolute Gasteiger partial charge is 0.378 e. The van der Waals surface area contributed by atoms with Crippen molar-refractivity contribution < 1.29 is 9.53 Å². The lowest BCUT2D eigenvalue weighted by atomic mass is 10.1. The Labute approximate surface area is 182 Å². The maximum Gasteiger partial charge on any atom is 0.255 e. The normalized spacial score (nSPS) is 14.3. The first kappa shape index (κ1) is 23.0. The molecule has 2 aromatic rings. The molecule has 2 aromatic heterocycles. The molecule has 1 aliphatic rings. The van der Waals surface area contributed by atoms with Gasteiger partial charge in [-0.2, -0.15) is 5.10 Å². The van der Waals surface area contributed by atoms with Gasteiger partial charge < -0.3 is 19.9 Å². The predicted molar refractivity (Wildman–Crippen MR) is 120 cm³/mol. The SMILES string of the molecule is CCN(CC)CCn1cc(NC(=O)CCc2c(C)nc(N3CCOCC3)[nH]c2=O)cn1. The fourth-order valence-corrected chi connectivity index (χ4v) is 3.61. The van der Waals surface area contributed by atoms with Crippen LogP contribution in [0.4, 0.5) is 11.6 Å². The van der Waals surface area contributed by atoms with E-state index in [-0.39, 0.29) is 17.9 Å². The van der Waals surface area contributed by atoms with E-state index in [0.717, 1.165) is 26.2 Å². The van der Waals surface area contributed by atoms with Crippen molar-refractivity contribution in [3.63, 3.8) is 0 Å². The molecule has 0 aromatic carbocycles. The molecule has 1 amide bonds. The number of aromatic amines is 1. The molecule has 31 heavy (non-hydrogen) atoms. The number of hydrogen-bond donors (Lipinski definition) is 2. The number of hydrogen-bond acceptors (Lipinski definition) is 7. The summed E-state index contributed by atoms with van der Waals surface area (Å²) in [6, 6.07) is 0. The lowest BCUT2D eigenvalue weighted by molar-refractivity contribution is -0.116. The zero-order valence-electron chi connectivity index (χ0n) is 18.7. The average Bonchev–Trinajstić information content (AvgIpc) is 3.21. The van der Waals surface area contributed by atoms with E-state index < -0.39 is 0 Å². The molecule has 2 N–H and O–H groups in total. The maximum atomic E-state index is 12.6. The summed E-state index contributed by atoms with van der Waals surface area (Å²) < 4.78 is 7.17. The quantitative estimate of drug-likeness (QED) is 0.578. The number of likely N-dealkylation sites (N-methyl/N-ethyl adjacent to an activating group) is 1. The van der Waals surface area contributed by atoms with E-state index in [2.05, 4.69) is 39.1 Å². The summed E-state index contributed by atoms with van der Waals surface area (Å²) in [6.45, 7) is 12.4. The van der Waals surface area contributed by atoms with Crippen LogP contribution in [-0.4, -0.2) is 76.5 Å². The second kappa shape index (κ2) is 11.1. The van der Waals surface area contributed by atoms with Crippen LogP contribution in [0.5, 0.6) is 0 Å². The van der Waals surface area contributed by atoms with Gasteiger partial charge in [-0.05, 0) is 26.4 Å². The molecule has 10 heteroatoms. The fraction of sp³-hybridized carbons (Fsp3) is 0.619. The lowest BCUT2D eigenvalue weighted by Crippen LogP contribution is -2.38. The molecule has 0 spiro atoms. The number of carbonyl (C=O) groups excluding carboxylic acids is 1. The van der Waals surface area contributed by atoms with Gasteiger partial charge in [-0.1, -0.05) is 13.8 Å². The highest BCUT2D eigenvalue weighted by molar-refractivity contribution is 5.90. The number of rotatable bonds is 10. The highest BCUT2D eigenvalue weighted by atomic mass is 16.5. The smallest absolute Gasteiger partial charge is 0.255 e. The number of anilines is 2. The molecule has 1 saturated heterocycles. The van der Waals surface area contributed by atoms with Crippen molar-refractivity contribution in [3.05, 3.63) is 34.0 Å². The zero-order chi connectivity index (χ0) is 22.2. The van der Waals surface area contributed by atoms with Gasteiger partial charge in [-0.25, -0.2) is 4.98 Å². The molecular weight excluding hydrogens is 398 g/mol. The summed E-state index contributed by atoms with van der Waals surface area (Å²) in [5.74, 6) is 0.412. The van der Waals surface area contributed by atoms with E-state index in [1.807, 2.05) is 22.7 Å². The summed E-state index contributed by atoms with van der Waals surface area (Å²) in [6.07, 6.45) is 4.02. The lowest BCUT2D eigenvalue weighted by Gasteiger charge is -2.27. The Morgan fingerprint density at radius 1 is 1.29 bits per heavy atom. The minimum absolute atomic E-state index is 0.153. The van der Waals surface area contributed by atoms with E-state index in [0.29, 0.717) is 55.6 Å². The number of carbonyl (C=O) groups is 1. The average molecular weight is 432 g/mol. The third-order valence-electron chi connectivity index (χ3n) is 5.58. The Kier molecular flexibility index (Phi) is 8.19. The number of H-pyrrole nitrogens is 1. The Hall–Kier alpha value is -2.72. The van der Waals surface area contributed by atoms with Crippen LogP contribution in [0.15, 0.2) is 17.2 Å². The number of amides is 1. The second-order valence-electron chi connectivity index (χ2n) is 7.62. The first-order valence-corrected chi connectivity index (χ1v) is 11.0. The van der Waals surface area contributed by atoms with E-state index in [1.165, 1.54) is 0 Å². The fourth-order valence-electron chi connectivity index (χ4n) is 3.61. The Morgan fingerprint density at radius 3 is 2.71 bits per heavy atom. The number of aromatic nitrogens is 4. The van der Waals surface area contributed by atoms with Crippen molar-refractivity contribution in [2.45, 2.75) is 40.2 Å². The number of ether oxygens (including phenoxy) is 1. The summed E-state index contributed by atoms with van der Waals surface area (Å²) in [7, 11) is 0. The number of nitrogens with zero attached hydrogens (tertiary/aromatic N) is 5. The molecule has 3 heterocycles. The van der Waals surface area contributed by atoms with Crippen molar-refractivity contribution in [1.82, 2.24) is 24.6 Å². The van der Waals surface area contributed by atoms with E-state index in [4.69, 9.17) is 4.74 Å². The molecule has 0 atom stereocenters. The van der Waals surface area contributed by atoms with Gasteiger partial charge in [-0.3, -0.25) is 19.3 Å². The second-order valence-corrected chi connectivity index (χ2v) is 7.62. The van der Waals surface area contributed by atoms with Crippen molar-refractivity contribution in [3.8, 4) is 0 Å². The van der Waals surface area contributed by atoms with Gasteiger partial charge in [0.15, 0.2) is 0 Å². The molecule has 0 unspecified atom stereocenters. The third kappa shape index (κ3) is 6.38. The zero-order valence-corrected chi connectivity index (χ0v) is 18.7. The van der Waals surface area contributed by atoms with E-state index in [9.17, 15) is 9.59 Å². The maximum absolute atomic E-state index is 12.6. The van der Waals surface area contributed by atoms with E-state index in [1.54, 1.807) is 6.20 Å².